The number of hydrogen-bond donors (Lipinski definition) is 2. The second-order valence-electron chi connectivity index (χ2n) is 7.02. The highest BCUT2D eigenvalue weighted by molar-refractivity contribution is 5.77. The maximum absolute atomic E-state index is 13.8. The van der Waals surface area contributed by atoms with E-state index in [2.05, 4.69) is 5.32 Å². The van der Waals surface area contributed by atoms with Crippen LogP contribution in [-0.2, 0) is 11.2 Å². The molecule has 0 spiro atoms. The van der Waals surface area contributed by atoms with Gasteiger partial charge in [0, 0.05) is 19.5 Å². The van der Waals surface area contributed by atoms with Gasteiger partial charge in [0.05, 0.1) is 0 Å². The van der Waals surface area contributed by atoms with Crippen molar-refractivity contribution in [2.75, 3.05) is 7.05 Å². The number of nitrogens with zero attached hydrogens (tertiary/aromatic N) is 1. The lowest BCUT2D eigenvalue weighted by Gasteiger charge is -2.39. The van der Waals surface area contributed by atoms with Gasteiger partial charge in [-0.05, 0) is 62.1 Å². The second kappa shape index (κ2) is 8.03. The Morgan fingerprint density at radius 2 is 2.19 bits per heavy atom. The molecule has 0 aromatic heterocycles. The smallest absolute Gasteiger partial charge is 0.407 e. The van der Waals surface area contributed by atoms with Crippen LogP contribution in [0.1, 0.15) is 44.1 Å². The predicted molar refractivity (Wildman–Crippen MR) is 93.0 cm³/mol. The number of aliphatic hydroxyl groups excluding tert-OH is 1. The van der Waals surface area contributed by atoms with Crippen LogP contribution in [0.2, 0.25) is 0 Å². The van der Waals surface area contributed by atoms with Gasteiger partial charge in [0.1, 0.15) is 6.23 Å². The highest BCUT2D eigenvalue weighted by Gasteiger charge is 2.40. The fourth-order valence-electron chi connectivity index (χ4n) is 3.61. The molecule has 26 heavy (non-hydrogen) atoms. The third-order valence-corrected chi connectivity index (χ3v) is 5.12. The van der Waals surface area contributed by atoms with Crippen LogP contribution in [0.4, 0.5) is 9.18 Å². The molecule has 0 radical (unpaired) electrons. The Balaban J connectivity index is 1.69. The Kier molecular flexibility index (Phi) is 5.76. The molecule has 0 bridgehead atoms. The molecule has 1 aliphatic heterocycles. The first-order valence-corrected chi connectivity index (χ1v) is 9.17. The Morgan fingerprint density at radius 3 is 2.85 bits per heavy atom. The minimum atomic E-state index is -0.723. The van der Waals surface area contributed by atoms with Crippen molar-refractivity contribution >= 4 is 12.0 Å². The molecule has 2 aliphatic rings. The van der Waals surface area contributed by atoms with Crippen molar-refractivity contribution in [3.8, 4) is 5.75 Å². The first kappa shape index (κ1) is 18.6. The van der Waals surface area contributed by atoms with Gasteiger partial charge in [-0.2, -0.15) is 0 Å². The number of ether oxygens (including phenoxy) is 1. The fraction of sp³-hybridized carbons (Fsp3) is 0.579. The summed E-state index contributed by atoms with van der Waals surface area (Å²) in [6.45, 7) is 0. The van der Waals surface area contributed by atoms with Gasteiger partial charge in [0.25, 0.3) is 0 Å². The number of rotatable bonds is 6. The van der Waals surface area contributed by atoms with Crippen LogP contribution >= 0.6 is 0 Å². The number of aryl methyl sites for hydroxylation is 1. The zero-order chi connectivity index (χ0) is 18.7. The van der Waals surface area contributed by atoms with E-state index < -0.39 is 18.1 Å². The lowest BCUT2D eigenvalue weighted by molar-refractivity contribution is -0.152. The Bertz CT molecular complexity index is 678. The van der Waals surface area contributed by atoms with Crippen molar-refractivity contribution in [1.82, 2.24) is 10.2 Å². The second-order valence-corrected chi connectivity index (χ2v) is 7.02. The van der Waals surface area contributed by atoms with Gasteiger partial charge in [-0.25, -0.2) is 9.18 Å². The summed E-state index contributed by atoms with van der Waals surface area (Å²) >= 11 is 0. The van der Waals surface area contributed by atoms with Crippen molar-refractivity contribution in [2.45, 2.75) is 57.2 Å². The number of hydrogen-bond acceptors (Lipinski definition) is 4. The molecule has 1 aromatic carbocycles. The van der Waals surface area contributed by atoms with Crippen LogP contribution in [0.25, 0.3) is 0 Å². The molecule has 2 amide bonds. The Labute approximate surface area is 152 Å². The van der Waals surface area contributed by atoms with Crippen LogP contribution in [0, 0.1) is 11.7 Å². The minimum Gasteiger partial charge on any atom is -0.407 e. The van der Waals surface area contributed by atoms with Gasteiger partial charge >= 0.3 is 6.09 Å². The molecule has 2 atom stereocenters. The summed E-state index contributed by atoms with van der Waals surface area (Å²) in [6, 6.07) is 4.46. The molecular weight excluding hydrogens is 339 g/mol. The molecule has 1 unspecified atom stereocenters. The number of benzene rings is 1. The molecule has 1 heterocycles. The molecular formula is C19H25FN2O4. The monoisotopic (exact) mass is 364 g/mol. The summed E-state index contributed by atoms with van der Waals surface area (Å²) in [5.74, 6) is -0.270. The lowest BCUT2D eigenvalue weighted by atomic mass is 9.97. The van der Waals surface area contributed by atoms with Crippen molar-refractivity contribution in [3.63, 3.8) is 0 Å². The maximum Gasteiger partial charge on any atom is 0.412 e. The van der Waals surface area contributed by atoms with E-state index in [1.807, 2.05) is 0 Å². The van der Waals surface area contributed by atoms with E-state index in [4.69, 9.17) is 4.74 Å². The summed E-state index contributed by atoms with van der Waals surface area (Å²) in [7, 11) is 1.41. The number of piperidine rings is 1. The van der Waals surface area contributed by atoms with Crippen LogP contribution < -0.4 is 10.1 Å². The summed E-state index contributed by atoms with van der Waals surface area (Å²) in [6.07, 6.45) is 3.84. The van der Waals surface area contributed by atoms with E-state index in [1.165, 1.54) is 19.2 Å². The minimum absolute atomic E-state index is 0.00571. The average Bonchev–Trinajstić information content (AvgIpc) is 3.44. The Morgan fingerprint density at radius 1 is 1.42 bits per heavy atom. The van der Waals surface area contributed by atoms with Gasteiger partial charge in [-0.3, -0.25) is 4.79 Å². The van der Waals surface area contributed by atoms with Crippen molar-refractivity contribution in [3.05, 3.63) is 29.6 Å². The van der Waals surface area contributed by atoms with E-state index >= 15 is 0 Å². The van der Waals surface area contributed by atoms with Crippen molar-refractivity contribution < 1.29 is 23.8 Å². The molecule has 7 heteroatoms. The number of carbonyl (C=O) groups excluding carboxylic acids is 2. The molecule has 3 rings (SSSR count). The molecule has 2 fully saturated rings. The SMILES string of the molecule is CNC(=O)Oc1cc(CCC(C2CC2)N2C(=O)CCC[C@H]2O)ccc1F. The molecule has 1 saturated carbocycles. The first-order chi connectivity index (χ1) is 12.5. The van der Waals surface area contributed by atoms with Gasteiger partial charge in [0.15, 0.2) is 11.6 Å². The summed E-state index contributed by atoms with van der Waals surface area (Å²) < 4.78 is 18.7. The number of amides is 2. The number of likely N-dealkylation sites (tertiary alicyclic amines) is 1. The first-order valence-electron chi connectivity index (χ1n) is 9.17. The van der Waals surface area contributed by atoms with E-state index in [-0.39, 0.29) is 17.7 Å². The number of halogens is 1. The van der Waals surface area contributed by atoms with Crippen LogP contribution in [0.15, 0.2) is 18.2 Å². The summed E-state index contributed by atoms with van der Waals surface area (Å²) in [5, 5.41) is 12.6. The van der Waals surface area contributed by atoms with E-state index in [0.29, 0.717) is 31.6 Å². The number of nitrogens with one attached hydrogen (secondary N) is 1. The average molecular weight is 364 g/mol. The van der Waals surface area contributed by atoms with Gasteiger partial charge in [0.2, 0.25) is 5.91 Å². The van der Waals surface area contributed by atoms with Crippen molar-refractivity contribution in [1.29, 1.82) is 0 Å². The number of carbonyl (C=O) groups is 2. The molecule has 1 saturated heterocycles. The van der Waals surface area contributed by atoms with Crippen molar-refractivity contribution in [2.24, 2.45) is 5.92 Å². The predicted octanol–water partition coefficient (Wildman–Crippen LogP) is 2.59. The van der Waals surface area contributed by atoms with Gasteiger partial charge < -0.3 is 20.1 Å². The summed E-state index contributed by atoms with van der Waals surface area (Å²) in [5.41, 5.74) is 0.829. The van der Waals surface area contributed by atoms with E-state index in [9.17, 15) is 19.1 Å². The highest BCUT2D eigenvalue weighted by Crippen LogP contribution is 2.39. The standard InChI is InChI=1S/C19H25FN2O4/c1-21-19(25)26-16-11-12(5-9-14(16)20)6-10-15(13-7-8-13)22-17(23)3-2-4-18(22)24/h5,9,11,13,15,17,23H,2-4,6-8,10H2,1H3,(H,21,25)/t15?,17-/m1/s1. The normalized spacial score (nSPS) is 21.4. The van der Waals surface area contributed by atoms with E-state index in [1.54, 1.807) is 11.0 Å². The van der Waals surface area contributed by atoms with E-state index in [0.717, 1.165) is 24.8 Å². The van der Waals surface area contributed by atoms with Gasteiger partial charge in [-0.15, -0.1) is 0 Å². The molecule has 6 nitrogen and oxygen atoms in total. The summed E-state index contributed by atoms with van der Waals surface area (Å²) in [4.78, 5) is 25.3. The molecule has 1 aliphatic carbocycles. The number of aliphatic hydroxyl groups is 1. The zero-order valence-electron chi connectivity index (χ0n) is 14.9. The van der Waals surface area contributed by atoms with Crippen LogP contribution in [-0.4, -0.2) is 41.3 Å². The lowest BCUT2D eigenvalue weighted by Crippen LogP contribution is -2.50. The maximum atomic E-state index is 13.8. The van der Waals surface area contributed by atoms with Gasteiger partial charge in [-0.1, -0.05) is 6.07 Å². The highest BCUT2D eigenvalue weighted by atomic mass is 19.1. The molecule has 2 N–H and O–H groups in total. The zero-order valence-corrected chi connectivity index (χ0v) is 14.9. The third-order valence-electron chi connectivity index (χ3n) is 5.12. The molecule has 142 valence electrons. The fourth-order valence-corrected chi connectivity index (χ4v) is 3.61. The topological polar surface area (TPSA) is 78.9 Å². The van der Waals surface area contributed by atoms with Crippen LogP contribution in [0.3, 0.4) is 0 Å². The van der Waals surface area contributed by atoms with Crippen LogP contribution in [0.5, 0.6) is 5.75 Å². The quantitative estimate of drug-likeness (QED) is 0.813. The Hall–Kier alpha value is -2.15. The largest absolute Gasteiger partial charge is 0.412 e. The third kappa shape index (κ3) is 4.33. The molecule has 1 aromatic rings.